The van der Waals surface area contributed by atoms with Gasteiger partial charge in [-0.15, -0.1) is 0 Å². The summed E-state index contributed by atoms with van der Waals surface area (Å²) >= 11 is 0. The first-order valence-corrected chi connectivity index (χ1v) is 33.6. The number of nitrogens with one attached hydrogen (secondary N) is 1. The van der Waals surface area contributed by atoms with E-state index in [2.05, 4.69) is 59.1 Å². The van der Waals surface area contributed by atoms with Crippen molar-refractivity contribution in [2.24, 2.45) is 21.1 Å². The van der Waals surface area contributed by atoms with E-state index in [-0.39, 0.29) is 70.3 Å². The van der Waals surface area contributed by atoms with Crippen LogP contribution < -0.4 is 36.2 Å². The summed E-state index contributed by atoms with van der Waals surface area (Å²) in [5.41, 5.74) is 6.75. The Hall–Kier alpha value is -11.3. The molecule has 6 aromatic carbocycles. The van der Waals surface area contributed by atoms with E-state index >= 15 is 0 Å². The number of hydrogen-bond donors (Lipinski definition) is 1. The normalized spacial score (nSPS) is 14.7. The Morgan fingerprint density at radius 1 is 0.356 bits per heavy atom. The van der Waals surface area contributed by atoms with E-state index in [1.165, 1.54) is 36.4 Å². The summed E-state index contributed by atoms with van der Waals surface area (Å²) < 4.78 is 69.6. The monoisotopic (exact) mass is 1360 g/mol. The molecule has 12 aromatic rings. The molecule has 0 saturated carbocycles. The second-order valence-electron chi connectivity index (χ2n) is 25.2. The van der Waals surface area contributed by atoms with Gasteiger partial charge in [-0.2, -0.15) is 15.0 Å². The number of aromatic nitrogens is 12. The largest absolute Gasteiger partial charge is 0.424 e. The van der Waals surface area contributed by atoms with E-state index in [1.807, 2.05) is 105 Å². The van der Waals surface area contributed by atoms with Crippen LogP contribution in [0, 0.1) is 17.5 Å². The molecule has 101 heavy (non-hydrogen) atoms. The fraction of sp³-hybridized carbons (Fsp3) is 0.260. The Morgan fingerprint density at radius 3 is 0.901 bits per heavy atom. The molecule has 0 unspecified atom stereocenters. The highest BCUT2D eigenvalue weighted by Gasteiger charge is 2.33. The highest BCUT2D eigenvalue weighted by Crippen LogP contribution is 2.39. The molecule has 0 spiro atoms. The molecule has 0 bridgehead atoms. The lowest BCUT2D eigenvalue weighted by molar-refractivity contribution is 0.203. The molecule has 9 heterocycles. The first-order chi connectivity index (χ1) is 49.1. The minimum Gasteiger partial charge on any atom is -0.424 e. The predicted octanol–water partition coefficient (Wildman–Crippen LogP) is 13.2. The summed E-state index contributed by atoms with van der Waals surface area (Å²) in [6.07, 6.45) is 10.3. The van der Waals surface area contributed by atoms with Crippen molar-refractivity contribution in [1.29, 1.82) is 0 Å². The molecule has 0 atom stereocenters. The zero-order chi connectivity index (χ0) is 70.1. The van der Waals surface area contributed by atoms with Crippen LogP contribution in [0.5, 0.6) is 35.3 Å². The average molecular weight is 1360 g/mol. The maximum atomic E-state index is 13.7. The number of halogens is 3. The van der Waals surface area contributed by atoms with Gasteiger partial charge >= 0.3 is 18.0 Å². The van der Waals surface area contributed by atoms with Gasteiger partial charge in [-0.25, -0.2) is 28.1 Å². The Kier molecular flexibility index (Phi) is 20.8. The van der Waals surface area contributed by atoms with E-state index in [0.29, 0.717) is 84.8 Å². The number of likely N-dealkylation sites (tertiary alicyclic amines) is 2. The molecule has 516 valence electrons. The van der Waals surface area contributed by atoms with Crippen LogP contribution in [-0.4, -0.2) is 121 Å². The molecular weight excluding hydrogens is 1290 g/mol. The molecule has 3 aliphatic rings. The van der Waals surface area contributed by atoms with Gasteiger partial charge in [-0.1, -0.05) is 91.0 Å². The maximum absolute atomic E-state index is 13.7. The smallest absolute Gasteiger partial charge is 0.322 e. The van der Waals surface area contributed by atoms with Crippen LogP contribution in [0.4, 0.5) is 13.2 Å². The number of nitrogens with zero attached hydrogens (tertiary/aromatic N) is 14. The van der Waals surface area contributed by atoms with Crippen molar-refractivity contribution in [2.45, 2.75) is 56.7 Å². The standard InChI is InChI=1S/2C26H26FN5O2.C25H24FN5O2/c2*1-30-16-13-20(14-17-30)32-24(23(25(33)31(32)2)18-8-10-19(27)11-9-18)22-12-15-28-26(29-22)34-21-6-4-3-5-7-21;1-30-24(32)22(17-7-9-18(26)10-8-17)23(31(30)19-11-14-27-15-12-19)21-13-16-28-25(29-21)33-20-5-3-2-4-6-20/h2*3-12,15,20H,13-14,16-17H2,1-2H3;2-10,13,16,19,27H,11-12,14-15H2,1H3. The number of hydrogen-bond acceptors (Lipinski definition) is 15. The van der Waals surface area contributed by atoms with Crippen molar-refractivity contribution in [3.8, 4) is 103 Å². The number of para-hydroxylation sites is 3. The maximum Gasteiger partial charge on any atom is 0.322 e. The van der Waals surface area contributed by atoms with E-state index in [9.17, 15) is 27.6 Å². The molecule has 3 saturated heterocycles. The number of rotatable bonds is 15. The van der Waals surface area contributed by atoms with Crippen LogP contribution in [0.3, 0.4) is 0 Å². The summed E-state index contributed by atoms with van der Waals surface area (Å²) in [6.45, 7) is 5.50. The van der Waals surface area contributed by atoms with Gasteiger partial charge in [0, 0.05) is 39.7 Å². The molecule has 21 nitrogen and oxygen atoms in total. The third-order valence-electron chi connectivity index (χ3n) is 18.5. The van der Waals surface area contributed by atoms with Crippen LogP contribution in [-0.2, 0) is 21.1 Å². The molecular formula is C77H76F3N15O6. The molecule has 3 fully saturated rings. The molecule has 0 aliphatic carbocycles. The Balaban J connectivity index is 0.000000135. The van der Waals surface area contributed by atoms with Crippen LogP contribution in [0.25, 0.3) is 67.5 Å². The van der Waals surface area contributed by atoms with Gasteiger partial charge in [0.25, 0.3) is 16.7 Å². The van der Waals surface area contributed by atoms with Crippen LogP contribution in [0.2, 0.25) is 0 Å². The van der Waals surface area contributed by atoms with Crippen LogP contribution in [0.1, 0.15) is 56.7 Å². The van der Waals surface area contributed by atoms with Crippen LogP contribution in [0.15, 0.2) is 215 Å². The van der Waals surface area contributed by atoms with E-state index in [4.69, 9.17) is 14.2 Å². The third-order valence-corrected chi connectivity index (χ3v) is 18.5. The lowest BCUT2D eigenvalue weighted by Crippen LogP contribution is -2.34. The fourth-order valence-electron chi connectivity index (χ4n) is 13.4. The Morgan fingerprint density at radius 2 is 0.624 bits per heavy atom. The second kappa shape index (κ2) is 30.8. The fourth-order valence-corrected chi connectivity index (χ4v) is 13.4. The highest BCUT2D eigenvalue weighted by atomic mass is 19.1. The van der Waals surface area contributed by atoms with Gasteiger partial charge in [0.2, 0.25) is 0 Å². The van der Waals surface area contributed by atoms with Gasteiger partial charge in [-0.3, -0.25) is 42.5 Å². The molecule has 0 radical (unpaired) electrons. The lowest BCUT2D eigenvalue weighted by Gasteiger charge is -2.31. The van der Waals surface area contributed by atoms with Gasteiger partial charge in [0.15, 0.2) is 0 Å². The third kappa shape index (κ3) is 15.3. The first-order valence-electron chi connectivity index (χ1n) is 33.6. The van der Waals surface area contributed by atoms with Crippen LogP contribution >= 0.6 is 0 Å². The van der Waals surface area contributed by atoms with Gasteiger partial charge in [0.1, 0.15) is 34.7 Å². The number of piperidine rings is 3. The molecule has 15 rings (SSSR count). The minimum atomic E-state index is -0.351. The Labute approximate surface area is 581 Å². The molecule has 24 heteroatoms. The summed E-state index contributed by atoms with van der Waals surface area (Å²) in [5, 5.41) is 3.37. The highest BCUT2D eigenvalue weighted by molar-refractivity contribution is 5.82. The summed E-state index contributed by atoms with van der Waals surface area (Å²) in [4.78, 5) is 71.9. The summed E-state index contributed by atoms with van der Waals surface area (Å²) in [5.74, 6) is 0.820. The topological polar surface area (TPSA) is 204 Å². The molecule has 1 N–H and O–H groups in total. The zero-order valence-electron chi connectivity index (χ0n) is 56.6. The summed E-state index contributed by atoms with van der Waals surface area (Å²) in [6, 6.07) is 52.3. The molecule has 0 amide bonds. The number of benzene rings is 6. The van der Waals surface area contributed by atoms with Crippen molar-refractivity contribution in [1.82, 2.24) is 73.1 Å². The number of ether oxygens (including phenoxy) is 3. The van der Waals surface area contributed by atoms with Crippen molar-refractivity contribution >= 4 is 0 Å². The van der Waals surface area contributed by atoms with Crippen molar-refractivity contribution < 1.29 is 27.4 Å². The quantitative estimate of drug-likeness (QED) is 0.101. The van der Waals surface area contributed by atoms with Gasteiger partial charge < -0.3 is 29.3 Å². The second-order valence-corrected chi connectivity index (χ2v) is 25.2. The SMILES string of the molecule is CN1CCC(n2c(-c3ccnc(Oc4ccccc4)n3)c(-c3ccc(F)cc3)c(=O)n2C)CC1.CN1CCC(n2c(-c3ccnc(Oc4ccccc4)n3)c(-c3ccc(F)cc3)c(=O)n2C)CC1.Cn1c(=O)c(-c2ccc(F)cc2)c(-c2ccnc(Oc3ccccc3)n2)n1C1CCNCC1. The summed E-state index contributed by atoms with van der Waals surface area (Å²) in [7, 11) is 9.53. The van der Waals surface area contributed by atoms with Crippen molar-refractivity contribution in [2.75, 3.05) is 53.4 Å². The predicted molar refractivity (Wildman–Crippen MR) is 381 cm³/mol. The van der Waals surface area contributed by atoms with Crippen molar-refractivity contribution in [3.05, 3.63) is 249 Å². The average Bonchev–Trinajstić information content (AvgIpc) is 1.62. The Bertz CT molecular complexity index is 4770. The van der Waals surface area contributed by atoms with Gasteiger partial charge in [0.05, 0.1) is 69.0 Å². The molecule has 6 aromatic heterocycles. The zero-order valence-corrected chi connectivity index (χ0v) is 56.6. The first kappa shape index (κ1) is 68.2. The molecule has 3 aliphatic heterocycles. The lowest BCUT2D eigenvalue weighted by atomic mass is 10.0. The van der Waals surface area contributed by atoms with E-state index in [0.717, 1.165) is 77.8 Å². The van der Waals surface area contributed by atoms with E-state index in [1.54, 1.807) is 108 Å². The minimum absolute atomic E-state index is 0.126. The van der Waals surface area contributed by atoms with Crippen molar-refractivity contribution in [3.63, 3.8) is 0 Å². The van der Waals surface area contributed by atoms with E-state index < -0.39 is 0 Å². The van der Waals surface area contributed by atoms with Gasteiger partial charge in [-0.05, 0) is 200 Å².